The number of nitrogens with zero attached hydrogens (tertiary/aromatic N) is 1. The Balaban J connectivity index is 2.46. The van der Waals surface area contributed by atoms with E-state index in [2.05, 4.69) is 5.32 Å². The van der Waals surface area contributed by atoms with E-state index in [-0.39, 0.29) is 24.9 Å². The summed E-state index contributed by atoms with van der Waals surface area (Å²) >= 11 is 0. The second-order valence-corrected chi connectivity index (χ2v) is 6.53. The molecule has 0 heterocycles. The van der Waals surface area contributed by atoms with Gasteiger partial charge < -0.3 is 10.4 Å². The van der Waals surface area contributed by atoms with Gasteiger partial charge in [0.1, 0.15) is 0 Å². The van der Waals surface area contributed by atoms with Crippen molar-refractivity contribution in [2.24, 2.45) is 0 Å². The highest BCUT2D eigenvalue weighted by molar-refractivity contribution is 7.89. The number of sulfonamides is 1. The number of aliphatic hydroxyl groups is 1. The summed E-state index contributed by atoms with van der Waals surface area (Å²) in [5.41, 5.74) is 0. The van der Waals surface area contributed by atoms with Gasteiger partial charge in [0.05, 0.1) is 12.4 Å². The zero-order valence-corrected chi connectivity index (χ0v) is 10.8. The van der Waals surface area contributed by atoms with Gasteiger partial charge in [0.25, 0.3) is 0 Å². The minimum absolute atomic E-state index is 0.104. The number of hydrogen-bond acceptors (Lipinski definition) is 4. The second kappa shape index (κ2) is 5.95. The monoisotopic (exact) mass is 250 g/mol. The van der Waals surface area contributed by atoms with Crippen molar-refractivity contribution in [3.63, 3.8) is 0 Å². The van der Waals surface area contributed by atoms with Crippen molar-refractivity contribution in [1.29, 1.82) is 0 Å². The van der Waals surface area contributed by atoms with Crippen LogP contribution in [0.15, 0.2) is 0 Å². The smallest absolute Gasteiger partial charge is 0.215 e. The van der Waals surface area contributed by atoms with Gasteiger partial charge in [-0.25, -0.2) is 8.42 Å². The van der Waals surface area contributed by atoms with Gasteiger partial charge >= 0.3 is 0 Å². The van der Waals surface area contributed by atoms with Crippen LogP contribution in [0.1, 0.15) is 26.7 Å². The van der Waals surface area contributed by atoms with E-state index in [1.807, 2.05) is 13.8 Å². The zero-order valence-electron chi connectivity index (χ0n) is 10.0. The Bertz CT molecular complexity index is 299. The lowest BCUT2D eigenvalue weighted by Crippen LogP contribution is -2.40. The predicted octanol–water partition coefficient (Wildman–Crippen LogP) is -0.229. The van der Waals surface area contributed by atoms with Gasteiger partial charge in [-0.15, -0.1) is 0 Å². The van der Waals surface area contributed by atoms with Crippen LogP contribution in [0, 0.1) is 0 Å². The number of hydrogen-bond donors (Lipinski definition) is 2. The molecule has 0 aromatic rings. The van der Waals surface area contributed by atoms with Gasteiger partial charge in [-0.3, -0.25) is 0 Å². The van der Waals surface area contributed by atoms with Crippen LogP contribution >= 0.6 is 0 Å². The van der Waals surface area contributed by atoms with Crippen LogP contribution < -0.4 is 5.32 Å². The Hall–Kier alpha value is -0.170. The first kappa shape index (κ1) is 13.9. The fraction of sp³-hybridized carbons (Fsp3) is 1.00. The van der Waals surface area contributed by atoms with Gasteiger partial charge in [-0.05, 0) is 12.8 Å². The van der Waals surface area contributed by atoms with Crippen LogP contribution in [0.3, 0.4) is 0 Å². The zero-order chi connectivity index (χ0) is 12.2. The maximum Gasteiger partial charge on any atom is 0.215 e. The molecule has 0 saturated heterocycles. The van der Waals surface area contributed by atoms with Crippen LogP contribution in [-0.4, -0.2) is 55.4 Å². The highest BCUT2D eigenvalue weighted by atomic mass is 32.2. The maximum absolute atomic E-state index is 12.0. The Morgan fingerprint density at radius 3 is 2.50 bits per heavy atom. The van der Waals surface area contributed by atoms with E-state index in [0.717, 1.165) is 12.8 Å². The number of aliphatic hydroxyl groups excluding tert-OH is 1. The topological polar surface area (TPSA) is 69.6 Å². The van der Waals surface area contributed by atoms with E-state index < -0.39 is 10.0 Å². The lowest BCUT2D eigenvalue weighted by Gasteiger charge is -2.21. The van der Waals surface area contributed by atoms with E-state index in [1.165, 1.54) is 4.31 Å². The van der Waals surface area contributed by atoms with Crippen LogP contribution in [0.2, 0.25) is 0 Å². The molecule has 96 valence electrons. The van der Waals surface area contributed by atoms with Gasteiger partial charge in [0.2, 0.25) is 10.0 Å². The minimum Gasteiger partial charge on any atom is -0.395 e. The third-order valence-corrected chi connectivity index (χ3v) is 4.46. The van der Waals surface area contributed by atoms with E-state index >= 15 is 0 Å². The van der Waals surface area contributed by atoms with Crippen molar-refractivity contribution < 1.29 is 13.5 Å². The highest BCUT2D eigenvalue weighted by Crippen LogP contribution is 2.28. The first-order valence-electron chi connectivity index (χ1n) is 5.81. The lowest BCUT2D eigenvalue weighted by molar-refractivity contribution is 0.250. The van der Waals surface area contributed by atoms with E-state index in [4.69, 9.17) is 5.11 Å². The third kappa shape index (κ3) is 4.37. The summed E-state index contributed by atoms with van der Waals surface area (Å²) in [5.74, 6) is 0.113. The molecular formula is C10H22N2O3S. The molecule has 1 saturated carbocycles. The minimum atomic E-state index is -3.21. The Labute approximate surface area is 97.9 Å². The largest absolute Gasteiger partial charge is 0.395 e. The van der Waals surface area contributed by atoms with Crippen molar-refractivity contribution in [3.8, 4) is 0 Å². The summed E-state index contributed by atoms with van der Waals surface area (Å²) in [6.45, 7) is 4.56. The van der Waals surface area contributed by atoms with Crippen molar-refractivity contribution in [3.05, 3.63) is 0 Å². The molecule has 0 atom stereocenters. The molecular weight excluding hydrogens is 228 g/mol. The van der Waals surface area contributed by atoms with Crippen LogP contribution in [0.5, 0.6) is 0 Å². The summed E-state index contributed by atoms with van der Waals surface area (Å²) in [6.07, 6.45) is 1.85. The standard InChI is InChI=1S/C10H22N2O3S/c1-9(2)11-5-8-16(14,15)12(6-7-13)10-3-4-10/h9-11,13H,3-8H2,1-2H3. The third-order valence-electron chi connectivity index (χ3n) is 2.54. The van der Waals surface area contributed by atoms with Gasteiger partial charge in [-0.2, -0.15) is 4.31 Å². The van der Waals surface area contributed by atoms with Crippen LogP contribution in [-0.2, 0) is 10.0 Å². The average Bonchev–Trinajstić information content (AvgIpc) is 2.96. The van der Waals surface area contributed by atoms with Crippen molar-refractivity contribution in [1.82, 2.24) is 9.62 Å². The fourth-order valence-electron chi connectivity index (χ4n) is 1.60. The molecule has 2 N–H and O–H groups in total. The molecule has 16 heavy (non-hydrogen) atoms. The Morgan fingerprint density at radius 1 is 1.44 bits per heavy atom. The molecule has 0 spiro atoms. The molecule has 1 fully saturated rings. The molecule has 1 aliphatic rings. The molecule has 0 amide bonds. The van der Waals surface area contributed by atoms with Crippen molar-refractivity contribution in [2.45, 2.75) is 38.8 Å². The number of nitrogens with one attached hydrogen (secondary N) is 1. The summed E-state index contributed by atoms with van der Waals surface area (Å²) in [5, 5.41) is 12.0. The molecule has 0 aliphatic heterocycles. The van der Waals surface area contributed by atoms with E-state index in [9.17, 15) is 8.42 Å². The first-order valence-corrected chi connectivity index (χ1v) is 7.42. The summed E-state index contributed by atoms with van der Waals surface area (Å²) in [7, 11) is -3.21. The van der Waals surface area contributed by atoms with Gasteiger partial charge in [-0.1, -0.05) is 13.8 Å². The molecule has 0 radical (unpaired) electrons. The molecule has 1 aliphatic carbocycles. The molecule has 0 unspecified atom stereocenters. The maximum atomic E-state index is 12.0. The molecule has 0 aromatic carbocycles. The predicted molar refractivity (Wildman–Crippen MR) is 63.7 cm³/mol. The quantitative estimate of drug-likeness (QED) is 0.624. The summed E-state index contributed by atoms with van der Waals surface area (Å²) < 4.78 is 25.4. The Kier molecular flexibility index (Phi) is 5.17. The number of rotatable bonds is 8. The van der Waals surface area contributed by atoms with Crippen molar-refractivity contribution >= 4 is 10.0 Å². The molecule has 1 rings (SSSR count). The summed E-state index contributed by atoms with van der Waals surface area (Å²) in [4.78, 5) is 0. The van der Waals surface area contributed by atoms with Crippen LogP contribution in [0.4, 0.5) is 0 Å². The fourth-order valence-corrected chi connectivity index (χ4v) is 3.24. The SMILES string of the molecule is CC(C)NCCS(=O)(=O)N(CCO)C1CC1. The van der Waals surface area contributed by atoms with E-state index in [1.54, 1.807) is 0 Å². The molecule has 0 aromatic heterocycles. The van der Waals surface area contributed by atoms with Crippen molar-refractivity contribution in [2.75, 3.05) is 25.4 Å². The average molecular weight is 250 g/mol. The second-order valence-electron chi connectivity index (χ2n) is 4.49. The normalized spacial score (nSPS) is 17.3. The highest BCUT2D eigenvalue weighted by Gasteiger charge is 2.36. The summed E-state index contributed by atoms with van der Waals surface area (Å²) in [6, 6.07) is 0.429. The Morgan fingerprint density at radius 2 is 2.06 bits per heavy atom. The van der Waals surface area contributed by atoms with Crippen LogP contribution in [0.25, 0.3) is 0 Å². The first-order chi connectivity index (χ1) is 7.47. The molecule has 5 nitrogen and oxygen atoms in total. The molecule has 0 bridgehead atoms. The lowest BCUT2D eigenvalue weighted by atomic mass is 10.4. The molecule has 6 heteroatoms. The van der Waals surface area contributed by atoms with Gasteiger partial charge in [0.15, 0.2) is 0 Å². The van der Waals surface area contributed by atoms with E-state index in [0.29, 0.717) is 12.6 Å². The van der Waals surface area contributed by atoms with Gasteiger partial charge in [0, 0.05) is 25.2 Å².